The maximum Gasteiger partial charge on any atom is 0.454 e. The van der Waals surface area contributed by atoms with E-state index in [0.717, 1.165) is 12.8 Å². The van der Waals surface area contributed by atoms with E-state index in [2.05, 4.69) is 0 Å². The van der Waals surface area contributed by atoms with Gasteiger partial charge in [0, 0.05) is 13.2 Å². The fourth-order valence-electron chi connectivity index (χ4n) is 1.01. The molecule has 1 aliphatic heterocycles. The third-order valence-corrected chi connectivity index (χ3v) is 1.69. The molecule has 4 heteroatoms. The highest BCUT2D eigenvalue weighted by atomic mass is 16.5. The Hall–Kier alpha value is -0.0551. The third-order valence-electron chi connectivity index (χ3n) is 1.69. The highest BCUT2D eigenvalue weighted by Crippen LogP contribution is 2.21. The summed E-state index contributed by atoms with van der Waals surface area (Å²) in [5, 5.41) is 17.4. The predicted molar refractivity (Wildman–Crippen MR) is 34.0 cm³/mol. The van der Waals surface area contributed by atoms with Crippen LogP contribution in [-0.2, 0) is 4.74 Å². The molecule has 0 saturated carbocycles. The molecule has 3 nitrogen and oxygen atoms in total. The average molecular weight is 130 g/mol. The fraction of sp³-hybridized carbons (Fsp3) is 1.00. The summed E-state index contributed by atoms with van der Waals surface area (Å²) in [5.41, 5.74) is 0. The van der Waals surface area contributed by atoms with Crippen LogP contribution in [-0.4, -0.2) is 30.4 Å². The Kier molecular flexibility index (Phi) is 2.51. The molecule has 9 heavy (non-hydrogen) atoms. The van der Waals surface area contributed by atoms with Gasteiger partial charge in [-0.25, -0.2) is 0 Å². The van der Waals surface area contributed by atoms with Crippen molar-refractivity contribution in [3.05, 3.63) is 0 Å². The van der Waals surface area contributed by atoms with Crippen molar-refractivity contribution in [1.82, 2.24) is 0 Å². The Labute approximate surface area is 54.8 Å². The molecule has 1 heterocycles. The van der Waals surface area contributed by atoms with Gasteiger partial charge in [-0.1, -0.05) is 0 Å². The van der Waals surface area contributed by atoms with E-state index in [1.807, 2.05) is 0 Å². The lowest BCUT2D eigenvalue weighted by atomic mass is 9.69. The largest absolute Gasteiger partial charge is 0.454 e. The minimum absolute atomic E-state index is 0.0405. The smallest absolute Gasteiger partial charge is 0.427 e. The molecule has 0 aromatic carbocycles. The molecule has 0 unspecified atom stereocenters. The summed E-state index contributed by atoms with van der Waals surface area (Å²) < 4.78 is 5.03. The van der Waals surface area contributed by atoms with Crippen molar-refractivity contribution in [2.24, 2.45) is 0 Å². The first-order valence-electron chi connectivity index (χ1n) is 3.24. The molecule has 1 rings (SSSR count). The van der Waals surface area contributed by atoms with Gasteiger partial charge in [0.25, 0.3) is 0 Å². The van der Waals surface area contributed by atoms with Gasteiger partial charge in [-0.2, -0.15) is 0 Å². The van der Waals surface area contributed by atoms with Crippen LogP contribution in [0.25, 0.3) is 0 Å². The summed E-state index contributed by atoms with van der Waals surface area (Å²) in [4.78, 5) is 0. The highest BCUT2D eigenvalue weighted by molar-refractivity contribution is 6.43. The monoisotopic (exact) mass is 130 g/mol. The van der Waals surface area contributed by atoms with E-state index in [9.17, 15) is 0 Å². The molecule has 0 aromatic heterocycles. The van der Waals surface area contributed by atoms with E-state index in [0.29, 0.717) is 13.2 Å². The first-order chi connectivity index (χ1) is 4.30. The SMILES string of the molecule is OB(O)C1CCOCC1. The zero-order valence-corrected chi connectivity index (χ0v) is 5.29. The van der Waals surface area contributed by atoms with Crippen molar-refractivity contribution in [1.29, 1.82) is 0 Å². The molecule has 0 amide bonds. The van der Waals surface area contributed by atoms with Crippen LogP contribution in [0.2, 0.25) is 5.82 Å². The molecule has 0 bridgehead atoms. The molecule has 0 spiro atoms. The van der Waals surface area contributed by atoms with Crippen LogP contribution in [0.5, 0.6) is 0 Å². The zero-order chi connectivity index (χ0) is 6.69. The van der Waals surface area contributed by atoms with Gasteiger partial charge in [0.15, 0.2) is 0 Å². The summed E-state index contributed by atoms with van der Waals surface area (Å²) in [6.07, 6.45) is 1.55. The van der Waals surface area contributed by atoms with E-state index < -0.39 is 7.12 Å². The summed E-state index contributed by atoms with van der Waals surface area (Å²) in [6, 6.07) is 0. The summed E-state index contributed by atoms with van der Waals surface area (Å²) in [5.74, 6) is 0.0405. The first-order valence-corrected chi connectivity index (χ1v) is 3.24. The van der Waals surface area contributed by atoms with Gasteiger partial charge < -0.3 is 14.8 Å². The van der Waals surface area contributed by atoms with Crippen molar-refractivity contribution in [2.75, 3.05) is 13.2 Å². The molecule has 0 aliphatic carbocycles. The Morgan fingerprint density at radius 3 is 2.11 bits per heavy atom. The summed E-state index contributed by atoms with van der Waals surface area (Å²) >= 11 is 0. The van der Waals surface area contributed by atoms with Crippen LogP contribution in [0.4, 0.5) is 0 Å². The Bertz CT molecular complexity index is 80.3. The number of rotatable bonds is 1. The average Bonchev–Trinajstić information content (AvgIpc) is 1.90. The standard InChI is InChI=1S/C5H11BO3/c7-6(8)5-1-3-9-4-2-5/h5,7-8H,1-4H2. The van der Waals surface area contributed by atoms with Gasteiger partial charge >= 0.3 is 7.12 Å². The number of hydrogen-bond acceptors (Lipinski definition) is 3. The molecule has 1 saturated heterocycles. The van der Waals surface area contributed by atoms with Crippen LogP contribution >= 0.6 is 0 Å². The minimum Gasteiger partial charge on any atom is -0.427 e. The van der Waals surface area contributed by atoms with Crippen LogP contribution in [0.3, 0.4) is 0 Å². The van der Waals surface area contributed by atoms with Crippen LogP contribution in [0, 0.1) is 0 Å². The maximum absolute atomic E-state index is 8.68. The Morgan fingerprint density at radius 1 is 1.22 bits per heavy atom. The van der Waals surface area contributed by atoms with Gasteiger partial charge in [-0.15, -0.1) is 0 Å². The van der Waals surface area contributed by atoms with Crippen molar-refractivity contribution < 1.29 is 14.8 Å². The van der Waals surface area contributed by atoms with Gasteiger partial charge in [-0.3, -0.25) is 0 Å². The highest BCUT2D eigenvalue weighted by Gasteiger charge is 2.24. The topological polar surface area (TPSA) is 49.7 Å². The van der Waals surface area contributed by atoms with E-state index in [1.54, 1.807) is 0 Å². The normalized spacial score (nSPS) is 22.0. The fourth-order valence-corrected chi connectivity index (χ4v) is 1.01. The van der Waals surface area contributed by atoms with Crippen molar-refractivity contribution >= 4 is 7.12 Å². The van der Waals surface area contributed by atoms with Gasteiger partial charge in [0.1, 0.15) is 0 Å². The van der Waals surface area contributed by atoms with Crippen LogP contribution in [0.1, 0.15) is 12.8 Å². The Balaban J connectivity index is 2.23. The van der Waals surface area contributed by atoms with Crippen LogP contribution < -0.4 is 0 Å². The van der Waals surface area contributed by atoms with E-state index in [-0.39, 0.29) is 5.82 Å². The predicted octanol–water partition coefficient (Wildman–Crippen LogP) is -0.360. The van der Waals surface area contributed by atoms with E-state index in [1.165, 1.54) is 0 Å². The number of hydrogen-bond donors (Lipinski definition) is 2. The van der Waals surface area contributed by atoms with Gasteiger partial charge in [0.05, 0.1) is 0 Å². The van der Waals surface area contributed by atoms with Crippen molar-refractivity contribution in [3.63, 3.8) is 0 Å². The molecule has 0 atom stereocenters. The minimum atomic E-state index is -1.14. The molecule has 0 radical (unpaired) electrons. The first kappa shape index (κ1) is 7.06. The van der Waals surface area contributed by atoms with Gasteiger partial charge in [0.2, 0.25) is 0 Å². The van der Waals surface area contributed by atoms with E-state index in [4.69, 9.17) is 14.8 Å². The second-order valence-corrected chi connectivity index (χ2v) is 2.36. The van der Waals surface area contributed by atoms with Gasteiger partial charge in [-0.05, 0) is 18.7 Å². The van der Waals surface area contributed by atoms with Crippen molar-refractivity contribution in [3.8, 4) is 0 Å². The number of ether oxygens (including phenoxy) is 1. The zero-order valence-electron chi connectivity index (χ0n) is 5.29. The van der Waals surface area contributed by atoms with Crippen LogP contribution in [0.15, 0.2) is 0 Å². The molecule has 52 valence electrons. The maximum atomic E-state index is 8.68. The third kappa shape index (κ3) is 1.97. The molecule has 1 fully saturated rings. The summed E-state index contributed by atoms with van der Waals surface area (Å²) in [6.45, 7) is 1.34. The summed E-state index contributed by atoms with van der Waals surface area (Å²) in [7, 11) is -1.14. The van der Waals surface area contributed by atoms with E-state index >= 15 is 0 Å². The molecular formula is C5H11BO3. The molecular weight excluding hydrogens is 119 g/mol. The lowest BCUT2D eigenvalue weighted by molar-refractivity contribution is 0.0904. The lowest BCUT2D eigenvalue weighted by Crippen LogP contribution is -2.26. The second kappa shape index (κ2) is 3.20. The molecule has 2 N–H and O–H groups in total. The second-order valence-electron chi connectivity index (χ2n) is 2.36. The lowest BCUT2D eigenvalue weighted by Gasteiger charge is -2.20. The van der Waals surface area contributed by atoms with Crippen molar-refractivity contribution in [2.45, 2.75) is 18.7 Å². The molecule has 0 aromatic rings. The quantitative estimate of drug-likeness (QED) is 0.476. The molecule has 1 aliphatic rings. The Morgan fingerprint density at radius 2 is 1.78 bits per heavy atom.